The normalized spacial score (nSPS) is 24.2. The quantitative estimate of drug-likeness (QED) is 0.0549. The van der Waals surface area contributed by atoms with Gasteiger partial charge < -0.3 is 24.2 Å². The number of carbonyl (C=O) groups excluding carboxylic acids is 1. The van der Waals surface area contributed by atoms with E-state index in [0.717, 1.165) is 27.8 Å². The second-order valence-corrected chi connectivity index (χ2v) is 13.5. The fourth-order valence-electron chi connectivity index (χ4n) is 6.05. The van der Waals surface area contributed by atoms with Gasteiger partial charge in [0.1, 0.15) is 30.1 Å². The van der Waals surface area contributed by atoms with E-state index in [1.165, 1.54) is 0 Å². The molecule has 1 aliphatic carbocycles. The molecule has 0 bridgehead atoms. The summed E-state index contributed by atoms with van der Waals surface area (Å²) in [5.41, 5.74) is 4.53. The molecule has 1 saturated heterocycles. The summed E-state index contributed by atoms with van der Waals surface area (Å²) in [5, 5.41) is 29.7. The van der Waals surface area contributed by atoms with Gasteiger partial charge in [-0.25, -0.2) is 9.36 Å². The number of azide groups is 1. The van der Waals surface area contributed by atoms with Gasteiger partial charge in [-0.15, -0.1) is 0 Å². The summed E-state index contributed by atoms with van der Waals surface area (Å²) >= 11 is 0. The molecule has 1 saturated carbocycles. The summed E-state index contributed by atoms with van der Waals surface area (Å²) in [6.07, 6.45) is -2.90. The van der Waals surface area contributed by atoms with Gasteiger partial charge in [-0.05, 0) is 35.4 Å². The van der Waals surface area contributed by atoms with Gasteiger partial charge in [-0.2, -0.15) is 5.09 Å². The Hall–Kier alpha value is -4.79. The van der Waals surface area contributed by atoms with Crippen LogP contribution in [0.15, 0.2) is 99.8 Å². The number of hydrogen-bond acceptors (Lipinski definition) is 11. The zero-order valence-electron chi connectivity index (χ0n) is 26.0. The third-order valence-electron chi connectivity index (χ3n) is 8.56. The number of carbonyl (C=O) groups is 1. The van der Waals surface area contributed by atoms with Crippen LogP contribution in [0.5, 0.6) is 5.75 Å². The summed E-state index contributed by atoms with van der Waals surface area (Å²) < 4.78 is 39.1. The van der Waals surface area contributed by atoms with Crippen molar-refractivity contribution in [1.29, 1.82) is 0 Å². The lowest BCUT2D eigenvalue weighted by molar-refractivity contribution is -0.152. The number of aliphatic hydroxyl groups excluding tert-OH is 2. The van der Waals surface area contributed by atoms with E-state index < -0.39 is 61.3 Å². The number of aliphatic hydroxyl groups is 2. The molecule has 2 aliphatic rings. The molecule has 0 spiro atoms. The van der Waals surface area contributed by atoms with Crippen molar-refractivity contribution in [3.05, 3.63) is 122 Å². The Morgan fingerprint density at radius 2 is 1.78 bits per heavy atom. The number of H-pyrrole nitrogens is 1. The van der Waals surface area contributed by atoms with Crippen LogP contribution in [0.1, 0.15) is 37.5 Å². The van der Waals surface area contributed by atoms with Crippen LogP contribution >= 0.6 is 7.75 Å². The number of aromatic amines is 1. The number of nitrogens with zero attached hydrogens (tertiary/aromatic N) is 4. The van der Waals surface area contributed by atoms with Gasteiger partial charge in [0, 0.05) is 22.6 Å². The maximum Gasteiger partial charge on any atom is 0.459 e. The highest BCUT2D eigenvalue weighted by atomic mass is 31.2. The molecule has 2 heterocycles. The Labute approximate surface area is 278 Å². The minimum absolute atomic E-state index is 0.0398. The van der Waals surface area contributed by atoms with E-state index >= 15 is 0 Å². The molecule has 1 unspecified atom stereocenters. The minimum Gasteiger partial charge on any atom is -0.459 e. The van der Waals surface area contributed by atoms with Crippen molar-refractivity contribution >= 4 is 24.5 Å². The highest BCUT2D eigenvalue weighted by Gasteiger charge is 2.57. The molecule has 0 radical (unpaired) electrons. The van der Waals surface area contributed by atoms with Gasteiger partial charge in [-0.1, -0.05) is 84.7 Å². The number of benzene rings is 3. The largest absolute Gasteiger partial charge is 0.459 e. The molecule has 1 aliphatic heterocycles. The van der Waals surface area contributed by atoms with Crippen molar-refractivity contribution < 1.29 is 38.1 Å². The summed E-state index contributed by atoms with van der Waals surface area (Å²) in [6.45, 7) is -1.02. The number of rotatable bonds is 12. The van der Waals surface area contributed by atoms with Gasteiger partial charge >= 0.3 is 19.4 Å². The first-order valence-electron chi connectivity index (χ1n) is 15.4. The van der Waals surface area contributed by atoms with Crippen LogP contribution in [0, 0.1) is 0 Å². The van der Waals surface area contributed by atoms with Gasteiger partial charge in [0.15, 0.2) is 6.23 Å². The maximum absolute atomic E-state index is 14.9. The maximum atomic E-state index is 14.9. The van der Waals surface area contributed by atoms with E-state index in [-0.39, 0.29) is 25.2 Å². The van der Waals surface area contributed by atoms with Crippen molar-refractivity contribution in [3.8, 4) is 5.75 Å². The van der Waals surface area contributed by atoms with E-state index in [1.807, 2.05) is 29.2 Å². The standard InChI is InChI=1S/C32H33N6O10P/c33-37-35-32(27(41)26(40)28(47-32)38-18-15-25(39)34-30(38)43)20-46-49(44,48-24-14-8-12-22-11-4-5-13-23(22)24)36-31(16-6-7-17-31)29(42)45-19-21-9-2-1-3-10-21/h1-5,8-15,18,26-28,40-41H,6-7,16-17,19-20H2,(H,36,44)(H,34,39,43)/t26-,27+,28-,32-,49?/m1/s1. The molecule has 4 aromatic rings. The zero-order chi connectivity index (χ0) is 34.6. The summed E-state index contributed by atoms with van der Waals surface area (Å²) in [7, 11) is -4.71. The first-order valence-corrected chi connectivity index (χ1v) is 17.0. The Morgan fingerprint density at radius 1 is 1.06 bits per heavy atom. The smallest absolute Gasteiger partial charge is 0.459 e. The predicted octanol–water partition coefficient (Wildman–Crippen LogP) is 3.80. The van der Waals surface area contributed by atoms with Crippen molar-refractivity contribution in [2.24, 2.45) is 5.11 Å². The Morgan fingerprint density at radius 3 is 2.51 bits per heavy atom. The Balaban J connectivity index is 1.34. The van der Waals surface area contributed by atoms with E-state index in [4.69, 9.17) is 18.5 Å². The zero-order valence-corrected chi connectivity index (χ0v) is 26.8. The first kappa shape index (κ1) is 34.1. The van der Waals surface area contributed by atoms with Crippen molar-refractivity contribution in [1.82, 2.24) is 14.6 Å². The lowest BCUT2D eigenvalue weighted by Gasteiger charge is -2.34. The third kappa shape index (κ3) is 7.02. The number of aromatic nitrogens is 2. The van der Waals surface area contributed by atoms with Gasteiger partial charge in [0.25, 0.3) is 5.56 Å². The molecule has 2 fully saturated rings. The molecule has 16 nitrogen and oxygen atoms in total. The van der Waals surface area contributed by atoms with Crippen LogP contribution in [0.2, 0.25) is 0 Å². The van der Waals surface area contributed by atoms with E-state index in [2.05, 4.69) is 15.1 Å². The number of hydrogen-bond donors (Lipinski definition) is 4. The molecular weight excluding hydrogens is 659 g/mol. The summed E-state index contributed by atoms with van der Waals surface area (Å²) in [6, 6.07) is 22.2. The summed E-state index contributed by atoms with van der Waals surface area (Å²) in [5.74, 6) is -0.558. The van der Waals surface area contributed by atoms with Crippen molar-refractivity contribution in [2.45, 2.75) is 62.0 Å². The molecule has 3 aromatic carbocycles. The van der Waals surface area contributed by atoms with Gasteiger partial charge in [0.05, 0.1) is 6.61 Å². The Bertz CT molecular complexity index is 2040. The molecule has 4 N–H and O–H groups in total. The van der Waals surface area contributed by atoms with Crippen LogP contribution in [-0.2, 0) is 30.0 Å². The number of esters is 1. The highest BCUT2D eigenvalue weighted by molar-refractivity contribution is 7.52. The molecule has 256 valence electrons. The van der Waals surface area contributed by atoms with Gasteiger partial charge in [0.2, 0.25) is 5.72 Å². The average molecular weight is 693 g/mol. The lowest BCUT2D eigenvalue weighted by Crippen LogP contribution is -2.51. The second kappa shape index (κ2) is 14.0. The summed E-state index contributed by atoms with van der Waals surface area (Å²) in [4.78, 5) is 42.6. The van der Waals surface area contributed by atoms with E-state index in [1.54, 1.807) is 48.5 Å². The van der Waals surface area contributed by atoms with Crippen LogP contribution in [0.4, 0.5) is 0 Å². The fraction of sp³-hybridized carbons (Fsp3) is 0.344. The molecule has 1 aromatic heterocycles. The SMILES string of the molecule is [N-]=[N+]=N[C@]1(COP(=O)(NC2(C(=O)OCc3ccccc3)CCCC2)Oc2cccc3ccccc23)O[C@@H](n2ccc(=O)[nH]c2=O)[C@H](O)[C@@H]1O. The lowest BCUT2D eigenvalue weighted by atomic mass is 10.00. The second-order valence-electron chi connectivity index (χ2n) is 11.8. The van der Waals surface area contributed by atoms with E-state index in [0.29, 0.717) is 18.2 Å². The molecule has 17 heteroatoms. The van der Waals surface area contributed by atoms with E-state index in [9.17, 15) is 34.7 Å². The molecule has 0 amide bonds. The highest BCUT2D eigenvalue weighted by Crippen LogP contribution is 2.52. The van der Waals surface area contributed by atoms with Crippen molar-refractivity contribution in [2.75, 3.05) is 6.61 Å². The first-order chi connectivity index (χ1) is 23.6. The van der Waals surface area contributed by atoms with Gasteiger partial charge in [-0.3, -0.25) is 23.7 Å². The van der Waals surface area contributed by atoms with Crippen LogP contribution < -0.4 is 20.9 Å². The fourth-order valence-corrected chi connectivity index (χ4v) is 7.83. The molecule has 6 rings (SSSR count). The van der Waals surface area contributed by atoms with Crippen molar-refractivity contribution in [3.63, 3.8) is 0 Å². The van der Waals surface area contributed by atoms with Crippen LogP contribution in [-0.4, -0.2) is 55.8 Å². The molecule has 5 atom stereocenters. The van der Waals surface area contributed by atoms with Crippen LogP contribution in [0.3, 0.4) is 0 Å². The number of nitrogens with one attached hydrogen (secondary N) is 2. The topological polar surface area (TPSA) is 227 Å². The average Bonchev–Trinajstić information content (AvgIpc) is 3.67. The molecule has 49 heavy (non-hydrogen) atoms. The minimum atomic E-state index is -4.71. The monoisotopic (exact) mass is 692 g/mol. The van der Waals surface area contributed by atoms with Crippen LogP contribution in [0.25, 0.3) is 21.2 Å². The Kier molecular flexibility index (Phi) is 9.72. The number of ether oxygens (including phenoxy) is 2. The third-order valence-corrected chi connectivity index (χ3v) is 10.2. The predicted molar refractivity (Wildman–Crippen MR) is 174 cm³/mol. The molecular formula is C32H33N6O10P. The number of fused-ring (bicyclic) bond motifs is 1.